The molecule has 0 aliphatic carbocycles. The van der Waals surface area contributed by atoms with Crippen LogP contribution in [0.25, 0.3) is 0 Å². The Kier molecular flexibility index (Phi) is 4.15. The average Bonchev–Trinajstić information content (AvgIpc) is 2.88. The fourth-order valence-corrected chi connectivity index (χ4v) is 2.66. The Morgan fingerprint density at radius 1 is 1.17 bits per heavy atom. The van der Waals surface area contributed by atoms with E-state index in [1.807, 2.05) is 54.4 Å². The fourth-order valence-electron chi connectivity index (χ4n) is 1.78. The highest BCUT2D eigenvalue weighted by atomic mass is 32.1. The fraction of sp³-hybridized carbons (Fsp3) is 0.267. The SMILES string of the molecule is CCc1ccc(C(=O)CN(C)c2ccccc2)s1. The van der Waals surface area contributed by atoms with E-state index in [0.717, 1.165) is 17.0 Å². The van der Waals surface area contributed by atoms with Gasteiger partial charge in [0, 0.05) is 17.6 Å². The molecule has 0 spiro atoms. The van der Waals surface area contributed by atoms with Gasteiger partial charge in [-0.25, -0.2) is 0 Å². The maximum atomic E-state index is 12.1. The molecule has 1 heterocycles. The molecule has 0 radical (unpaired) electrons. The van der Waals surface area contributed by atoms with Crippen molar-refractivity contribution in [3.63, 3.8) is 0 Å². The van der Waals surface area contributed by atoms with Gasteiger partial charge in [-0.2, -0.15) is 0 Å². The molecule has 0 atom stereocenters. The monoisotopic (exact) mass is 259 g/mol. The lowest BCUT2D eigenvalue weighted by molar-refractivity contribution is 0.100. The number of carbonyl (C=O) groups excluding carboxylic acids is 1. The number of carbonyl (C=O) groups is 1. The summed E-state index contributed by atoms with van der Waals surface area (Å²) < 4.78 is 0. The summed E-state index contributed by atoms with van der Waals surface area (Å²) in [6.45, 7) is 2.53. The second-order valence-electron chi connectivity index (χ2n) is 4.23. The number of hydrogen-bond acceptors (Lipinski definition) is 3. The molecule has 0 unspecified atom stereocenters. The zero-order valence-electron chi connectivity index (χ0n) is 10.7. The molecule has 0 aliphatic rings. The Balaban J connectivity index is 2.03. The van der Waals surface area contributed by atoms with Crippen molar-refractivity contribution in [1.29, 1.82) is 0 Å². The molecule has 0 saturated heterocycles. The molecule has 1 aromatic heterocycles. The van der Waals surface area contributed by atoms with Crippen LogP contribution in [0.1, 0.15) is 21.5 Å². The Labute approximate surface area is 112 Å². The minimum Gasteiger partial charge on any atom is -0.367 e. The molecule has 94 valence electrons. The van der Waals surface area contributed by atoms with Crippen molar-refractivity contribution in [2.75, 3.05) is 18.5 Å². The summed E-state index contributed by atoms with van der Waals surface area (Å²) in [5.41, 5.74) is 1.07. The summed E-state index contributed by atoms with van der Waals surface area (Å²) in [7, 11) is 1.95. The highest BCUT2D eigenvalue weighted by molar-refractivity contribution is 7.14. The number of hydrogen-bond donors (Lipinski definition) is 0. The number of likely N-dealkylation sites (N-methyl/N-ethyl adjacent to an activating group) is 1. The Morgan fingerprint density at radius 2 is 1.89 bits per heavy atom. The zero-order chi connectivity index (χ0) is 13.0. The van der Waals surface area contributed by atoms with E-state index in [2.05, 4.69) is 6.92 Å². The maximum Gasteiger partial charge on any atom is 0.191 e. The number of rotatable bonds is 5. The molecule has 0 bridgehead atoms. The van der Waals surface area contributed by atoms with Gasteiger partial charge >= 0.3 is 0 Å². The quantitative estimate of drug-likeness (QED) is 0.764. The minimum absolute atomic E-state index is 0.186. The van der Waals surface area contributed by atoms with Gasteiger partial charge in [-0.05, 0) is 30.7 Å². The summed E-state index contributed by atoms with van der Waals surface area (Å²) in [4.78, 5) is 16.2. The number of Topliss-reactive ketones (excluding diaryl/α,β-unsaturated/α-hetero) is 1. The Bertz CT molecular complexity index is 518. The van der Waals surface area contributed by atoms with Crippen molar-refractivity contribution >= 4 is 22.8 Å². The molecule has 2 nitrogen and oxygen atoms in total. The van der Waals surface area contributed by atoms with Crippen molar-refractivity contribution in [1.82, 2.24) is 0 Å². The third-order valence-corrected chi connectivity index (χ3v) is 4.13. The molecule has 0 amide bonds. The number of anilines is 1. The van der Waals surface area contributed by atoms with E-state index in [9.17, 15) is 4.79 Å². The molecule has 0 fully saturated rings. The second-order valence-corrected chi connectivity index (χ2v) is 5.40. The van der Waals surface area contributed by atoms with Gasteiger partial charge in [-0.3, -0.25) is 4.79 Å². The molecule has 0 N–H and O–H groups in total. The zero-order valence-corrected chi connectivity index (χ0v) is 11.5. The third-order valence-electron chi connectivity index (χ3n) is 2.86. The molecule has 3 heteroatoms. The van der Waals surface area contributed by atoms with Gasteiger partial charge in [-0.1, -0.05) is 25.1 Å². The van der Waals surface area contributed by atoms with E-state index >= 15 is 0 Å². The van der Waals surface area contributed by atoms with Crippen molar-refractivity contribution in [2.24, 2.45) is 0 Å². The standard InChI is InChI=1S/C15H17NOS/c1-3-13-9-10-15(18-13)14(17)11-16(2)12-7-5-4-6-8-12/h4-10H,3,11H2,1-2H3. The topological polar surface area (TPSA) is 20.3 Å². The van der Waals surface area contributed by atoms with Crippen LogP contribution in [0.3, 0.4) is 0 Å². The first-order valence-electron chi connectivity index (χ1n) is 6.09. The molecule has 2 rings (SSSR count). The lowest BCUT2D eigenvalue weighted by Gasteiger charge is -2.17. The smallest absolute Gasteiger partial charge is 0.191 e. The van der Waals surface area contributed by atoms with E-state index in [1.54, 1.807) is 11.3 Å². The first-order valence-corrected chi connectivity index (χ1v) is 6.90. The highest BCUT2D eigenvalue weighted by Gasteiger charge is 2.11. The van der Waals surface area contributed by atoms with E-state index in [-0.39, 0.29) is 5.78 Å². The van der Waals surface area contributed by atoms with Crippen LogP contribution in [0, 0.1) is 0 Å². The van der Waals surface area contributed by atoms with Crippen LogP contribution in [0.2, 0.25) is 0 Å². The van der Waals surface area contributed by atoms with Gasteiger partial charge in [0.15, 0.2) is 5.78 Å². The lowest BCUT2D eigenvalue weighted by Crippen LogP contribution is -2.24. The molecule has 1 aromatic carbocycles. The van der Waals surface area contributed by atoms with Crippen LogP contribution in [-0.4, -0.2) is 19.4 Å². The number of benzene rings is 1. The van der Waals surface area contributed by atoms with Gasteiger partial charge in [0.05, 0.1) is 11.4 Å². The van der Waals surface area contributed by atoms with E-state index in [4.69, 9.17) is 0 Å². The lowest BCUT2D eigenvalue weighted by atomic mass is 10.2. The van der Waals surface area contributed by atoms with Crippen molar-refractivity contribution in [3.8, 4) is 0 Å². The van der Waals surface area contributed by atoms with Crippen LogP contribution in [-0.2, 0) is 6.42 Å². The number of thiophene rings is 1. The third kappa shape index (κ3) is 2.99. The van der Waals surface area contributed by atoms with Crippen LogP contribution in [0.5, 0.6) is 0 Å². The Hall–Kier alpha value is -1.61. The molecule has 2 aromatic rings. The number of para-hydroxylation sites is 1. The normalized spacial score (nSPS) is 10.3. The minimum atomic E-state index is 0.186. The first-order chi connectivity index (χ1) is 8.70. The molecule has 0 saturated carbocycles. The highest BCUT2D eigenvalue weighted by Crippen LogP contribution is 2.19. The Morgan fingerprint density at radius 3 is 2.50 bits per heavy atom. The molecular weight excluding hydrogens is 242 g/mol. The molecular formula is C15H17NOS. The number of ketones is 1. The number of nitrogens with zero attached hydrogens (tertiary/aromatic N) is 1. The van der Waals surface area contributed by atoms with Crippen LogP contribution >= 0.6 is 11.3 Å². The van der Waals surface area contributed by atoms with Gasteiger partial charge in [0.1, 0.15) is 0 Å². The first kappa shape index (κ1) is 12.8. The van der Waals surface area contributed by atoms with E-state index in [0.29, 0.717) is 6.54 Å². The van der Waals surface area contributed by atoms with Crippen LogP contribution in [0.4, 0.5) is 5.69 Å². The van der Waals surface area contributed by atoms with Crippen molar-refractivity contribution in [2.45, 2.75) is 13.3 Å². The van der Waals surface area contributed by atoms with E-state index in [1.165, 1.54) is 4.88 Å². The van der Waals surface area contributed by atoms with Gasteiger partial charge in [-0.15, -0.1) is 11.3 Å². The van der Waals surface area contributed by atoms with Crippen molar-refractivity contribution < 1.29 is 4.79 Å². The van der Waals surface area contributed by atoms with Crippen LogP contribution in [0.15, 0.2) is 42.5 Å². The summed E-state index contributed by atoms with van der Waals surface area (Å²) in [5, 5.41) is 0. The predicted molar refractivity (Wildman–Crippen MR) is 77.7 cm³/mol. The summed E-state index contributed by atoms with van der Waals surface area (Å²) in [6, 6.07) is 13.9. The van der Waals surface area contributed by atoms with Crippen LogP contribution < -0.4 is 4.90 Å². The largest absolute Gasteiger partial charge is 0.367 e. The summed E-state index contributed by atoms with van der Waals surface area (Å²) in [6.07, 6.45) is 0.993. The second kappa shape index (κ2) is 5.83. The molecule has 18 heavy (non-hydrogen) atoms. The van der Waals surface area contributed by atoms with Crippen molar-refractivity contribution in [3.05, 3.63) is 52.2 Å². The predicted octanol–water partition coefficient (Wildman–Crippen LogP) is 3.63. The summed E-state index contributed by atoms with van der Waals surface area (Å²) in [5.74, 6) is 0.186. The van der Waals surface area contributed by atoms with Gasteiger partial charge in [0.25, 0.3) is 0 Å². The summed E-state index contributed by atoms with van der Waals surface area (Å²) >= 11 is 1.60. The van der Waals surface area contributed by atoms with E-state index < -0.39 is 0 Å². The number of aryl methyl sites for hydroxylation is 1. The maximum absolute atomic E-state index is 12.1. The average molecular weight is 259 g/mol. The van der Waals surface area contributed by atoms with Gasteiger partial charge in [0.2, 0.25) is 0 Å². The molecule has 0 aliphatic heterocycles. The van der Waals surface area contributed by atoms with Gasteiger partial charge < -0.3 is 4.90 Å².